The lowest BCUT2D eigenvalue weighted by Gasteiger charge is -2.33. The van der Waals surface area contributed by atoms with Crippen LogP contribution in [0, 0.1) is 11.8 Å². The van der Waals surface area contributed by atoms with E-state index < -0.39 is 0 Å². The lowest BCUT2D eigenvalue weighted by Crippen LogP contribution is -2.40. The quantitative estimate of drug-likeness (QED) is 0.872. The van der Waals surface area contributed by atoms with Crippen LogP contribution in [-0.4, -0.2) is 28.5 Å². The van der Waals surface area contributed by atoms with Gasteiger partial charge in [-0.1, -0.05) is 13.8 Å². The molecule has 1 aromatic heterocycles. The topological polar surface area (TPSA) is 51.3 Å². The second kappa shape index (κ2) is 5.04. The molecule has 0 bridgehead atoms. The van der Waals surface area contributed by atoms with Gasteiger partial charge in [-0.25, -0.2) is 0 Å². The number of rotatable bonds is 2. The number of nitrogens with zero attached hydrogens (tertiary/aromatic N) is 2. The molecule has 0 aliphatic carbocycles. The van der Waals surface area contributed by atoms with Crippen LogP contribution in [0.4, 0.5) is 5.69 Å². The first-order valence-electron chi connectivity index (χ1n) is 6.70. The van der Waals surface area contributed by atoms with Crippen LogP contribution in [0.5, 0.6) is 0 Å². The summed E-state index contributed by atoms with van der Waals surface area (Å²) in [6.45, 7) is 6.26. The fraction of sp³-hybridized carbons (Fsp3) is 0.643. The molecule has 0 atom stereocenters. The van der Waals surface area contributed by atoms with Crippen molar-refractivity contribution >= 4 is 11.6 Å². The molecule has 4 heteroatoms. The largest absolute Gasteiger partial charge is 0.397 e. The Morgan fingerprint density at radius 1 is 1.39 bits per heavy atom. The summed E-state index contributed by atoms with van der Waals surface area (Å²) in [4.78, 5) is 14.3. The fourth-order valence-corrected chi connectivity index (χ4v) is 2.73. The molecule has 1 aliphatic heterocycles. The Balaban J connectivity index is 2.02. The summed E-state index contributed by atoms with van der Waals surface area (Å²) in [6, 6.07) is 1.76. The summed E-state index contributed by atoms with van der Waals surface area (Å²) in [5.74, 6) is 1.58. The first-order chi connectivity index (χ1) is 8.49. The highest BCUT2D eigenvalue weighted by Crippen LogP contribution is 2.25. The molecule has 0 spiro atoms. The number of likely N-dealkylation sites (tertiary alicyclic amines) is 1. The summed E-state index contributed by atoms with van der Waals surface area (Å²) in [6.07, 6.45) is 4.01. The molecule has 4 nitrogen and oxygen atoms in total. The zero-order chi connectivity index (χ0) is 13.3. The monoisotopic (exact) mass is 249 g/mol. The maximum atomic E-state index is 12.4. The van der Waals surface area contributed by atoms with Gasteiger partial charge in [0.15, 0.2) is 0 Å². The van der Waals surface area contributed by atoms with Gasteiger partial charge < -0.3 is 15.2 Å². The average Bonchev–Trinajstić information content (AvgIpc) is 2.67. The third kappa shape index (κ3) is 2.52. The number of carbonyl (C=O) groups is 1. The molecule has 1 aliphatic rings. The van der Waals surface area contributed by atoms with Crippen molar-refractivity contribution in [3.05, 3.63) is 18.0 Å². The lowest BCUT2D eigenvalue weighted by atomic mass is 9.86. The molecule has 1 fully saturated rings. The first kappa shape index (κ1) is 13.0. The Bertz CT molecular complexity index is 428. The van der Waals surface area contributed by atoms with E-state index in [-0.39, 0.29) is 5.91 Å². The van der Waals surface area contributed by atoms with Crippen LogP contribution >= 0.6 is 0 Å². The third-order valence-electron chi connectivity index (χ3n) is 4.01. The van der Waals surface area contributed by atoms with Crippen LogP contribution in [0.3, 0.4) is 0 Å². The normalized spacial score (nSPS) is 17.4. The maximum Gasteiger partial charge on any atom is 0.270 e. The summed E-state index contributed by atoms with van der Waals surface area (Å²) in [5, 5.41) is 0. The van der Waals surface area contributed by atoms with E-state index in [2.05, 4.69) is 13.8 Å². The van der Waals surface area contributed by atoms with Crippen molar-refractivity contribution in [2.75, 3.05) is 18.8 Å². The highest BCUT2D eigenvalue weighted by molar-refractivity contribution is 5.93. The minimum atomic E-state index is 0.108. The molecule has 100 valence electrons. The SMILES string of the molecule is CC(C)C1CCN(C(=O)c2cc(N)cn2C)CC1. The summed E-state index contributed by atoms with van der Waals surface area (Å²) in [7, 11) is 1.87. The minimum Gasteiger partial charge on any atom is -0.397 e. The number of piperidine rings is 1. The van der Waals surface area contributed by atoms with Crippen LogP contribution in [-0.2, 0) is 7.05 Å². The predicted molar refractivity (Wildman–Crippen MR) is 73.3 cm³/mol. The molecule has 0 unspecified atom stereocenters. The second-order valence-electron chi connectivity index (χ2n) is 5.64. The molecule has 0 saturated carbocycles. The zero-order valence-corrected chi connectivity index (χ0v) is 11.5. The van der Waals surface area contributed by atoms with Gasteiger partial charge in [0.1, 0.15) is 5.69 Å². The van der Waals surface area contributed by atoms with E-state index in [1.165, 1.54) is 0 Å². The van der Waals surface area contributed by atoms with Crippen molar-refractivity contribution in [1.29, 1.82) is 0 Å². The Morgan fingerprint density at radius 2 is 2.00 bits per heavy atom. The van der Waals surface area contributed by atoms with Gasteiger partial charge in [0.2, 0.25) is 0 Å². The molecule has 0 aromatic carbocycles. The zero-order valence-electron chi connectivity index (χ0n) is 11.5. The number of carbonyl (C=O) groups excluding carboxylic acids is 1. The fourth-order valence-electron chi connectivity index (χ4n) is 2.73. The summed E-state index contributed by atoms with van der Waals surface area (Å²) < 4.78 is 1.81. The molecule has 18 heavy (non-hydrogen) atoms. The Hall–Kier alpha value is -1.45. The highest BCUT2D eigenvalue weighted by atomic mass is 16.2. The summed E-state index contributed by atoms with van der Waals surface area (Å²) in [5.41, 5.74) is 7.06. The Labute approximate surface area is 109 Å². The predicted octanol–water partition coefficient (Wildman–Crippen LogP) is 2.12. The highest BCUT2D eigenvalue weighted by Gasteiger charge is 2.26. The molecule has 2 N–H and O–H groups in total. The van der Waals surface area contributed by atoms with E-state index in [1.807, 2.05) is 16.5 Å². The molecule has 2 heterocycles. The number of hydrogen-bond donors (Lipinski definition) is 1. The van der Waals surface area contributed by atoms with E-state index >= 15 is 0 Å². The van der Waals surface area contributed by atoms with Crippen LogP contribution in [0.2, 0.25) is 0 Å². The third-order valence-corrected chi connectivity index (χ3v) is 4.01. The van der Waals surface area contributed by atoms with Crippen LogP contribution in [0.15, 0.2) is 12.3 Å². The molecular formula is C14H23N3O. The summed E-state index contributed by atoms with van der Waals surface area (Å²) >= 11 is 0. The number of nitrogen functional groups attached to an aromatic ring is 1. The smallest absolute Gasteiger partial charge is 0.270 e. The van der Waals surface area contributed by atoms with Gasteiger partial charge in [0.05, 0.1) is 5.69 Å². The van der Waals surface area contributed by atoms with Gasteiger partial charge in [-0.2, -0.15) is 0 Å². The molecule has 1 aromatic rings. The van der Waals surface area contributed by atoms with E-state index in [9.17, 15) is 4.79 Å². The average molecular weight is 249 g/mol. The molecular weight excluding hydrogens is 226 g/mol. The van der Waals surface area contributed by atoms with Gasteiger partial charge in [-0.15, -0.1) is 0 Å². The number of aromatic nitrogens is 1. The molecule has 1 saturated heterocycles. The number of hydrogen-bond acceptors (Lipinski definition) is 2. The van der Waals surface area contributed by atoms with E-state index in [0.29, 0.717) is 17.3 Å². The van der Waals surface area contributed by atoms with Crippen LogP contribution < -0.4 is 5.73 Å². The Kier molecular flexibility index (Phi) is 3.64. The second-order valence-corrected chi connectivity index (χ2v) is 5.64. The first-order valence-corrected chi connectivity index (χ1v) is 6.70. The van der Waals surface area contributed by atoms with E-state index in [1.54, 1.807) is 12.3 Å². The maximum absolute atomic E-state index is 12.4. The van der Waals surface area contributed by atoms with Crippen molar-refractivity contribution in [3.63, 3.8) is 0 Å². The molecule has 1 amide bonds. The molecule has 2 rings (SSSR count). The minimum absolute atomic E-state index is 0.108. The van der Waals surface area contributed by atoms with Crippen molar-refractivity contribution < 1.29 is 4.79 Å². The van der Waals surface area contributed by atoms with Crippen LogP contribution in [0.25, 0.3) is 0 Å². The van der Waals surface area contributed by atoms with E-state index in [4.69, 9.17) is 5.73 Å². The molecule has 0 radical (unpaired) electrons. The van der Waals surface area contributed by atoms with Gasteiger partial charge in [-0.05, 0) is 30.7 Å². The van der Waals surface area contributed by atoms with Crippen LogP contribution in [0.1, 0.15) is 37.2 Å². The number of anilines is 1. The van der Waals surface area contributed by atoms with E-state index in [0.717, 1.165) is 31.8 Å². The number of amides is 1. The van der Waals surface area contributed by atoms with Crippen molar-refractivity contribution in [3.8, 4) is 0 Å². The van der Waals surface area contributed by atoms with Crippen molar-refractivity contribution in [1.82, 2.24) is 9.47 Å². The van der Waals surface area contributed by atoms with Gasteiger partial charge in [0.25, 0.3) is 5.91 Å². The van der Waals surface area contributed by atoms with Gasteiger partial charge >= 0.3 is 0 Å². The standard InChI is InChI=1S/C14H23N3O/c1-10(2)11-4-6-17(7-5-11)14(18)13-8-12(15)9-16(13)3/h8-11H,4-7,15H2,1-3H3. The van der Waals surface area contributed by atoms with Crippen molar-refractivity contribution in [2.45, 2.75) is 26.7 Å². The Morgan fingerprint density at radius 3 is 2.44 bits per heavy atom. The van der Waals surface area contributed by atoms with Gasteiger partial charge in [0, 0.05) is 26.3 Å². The van der Waals surface area contributed by atoms with Crippen molar-refractivity contribution in [2.24, 2.45) is 18.9 Å². The number of nitrogens with two attached hydrogens (primary N) is 1. The van der Waals surface area contributed by atoms with Gasteiger partial charge in [-0.3, -0.25) is 4.79 Å². The number of aryl methyl sites for hydroxylation is 1. The lowest BCUT2D eigenvalue weighted by molar-refractivity contribution is 0.0658.